The minimum absolute atomic E-state index is 0.135. The number of ether oxygens (including phenoxy) is 1. The first-order chi connectivity index (χ1) is 18.5. The molecule has 1 amide bonds. The molecule has 0 aliphatic carbocycles. The number of hydrogen-bond acceptors (Lipinski definition) is 5. The van der Waals surface area contributed by atoms with Crippen LogP contribution in [0, 0.1) is 13.8 Å². The molecule has 0 saturated heterocycles. The molecule has 2 N–H and O–H groups in total. The van der Waals surface area contributed by atoms with Crippen molar-refractivity contribution in [2.45, 2.75) is 52.5 Å². The van der Waals surface area contributed by atoms with Crippen LogP contribution in [0.15, 0.2) is 48.5 Å². The number of nitrogens with one attached hydrogen (secondary N) is 1. The zero-order valence-corrected chi connectivity index (χ0v) is 24.4. The minimum Gasteiger partial charge on any atom is -0.492 e. The second-order valence-electron chi connectivity index (χ2n) is 10.1. The van der Waals surface area contributed by atoms with Gasteiger partial charge in [0.05, 0.1) is 17.3 Å². The van der Waals surface area contributed by atoms with E-state index >= 15 is 0 Å². The SMILES string of the molecule is CCC(CC)(NC(=O)c1ccc(-c2ccccc2C)c(-c2cc(C)c(Cl)c(OCCCN(C)C)c2)n1)C(=O)O. The lowest BCUT2D eigenvalue weighted by Gasteiger charge is -2.28. The summed E-state index contributed by atoms with van der Waals surface area (Å²) in [7, 11) is 4.03. The van der Waals surface area contributed by atoms with E-state index in [1.54, 1.807) is 19.9 Å². The second kappa shape index (κ2) is 13.1. The van der Waals surface area contributed by atoms with Crippen LogP contribution in [0.5, 0.6) is 5.75 Å². The number of aryl methyl sites for hydroxylation is 2. The standard InChI is InChI=1S/C31H38ClN3O4/c1-7-31(8-2,30(37)38)34-29(36)25-15-14-24(23-13-10-9-12-20(23)3)28(33-25)22-18-21(4)27(32)26(19-22)39-17-11-16-35(5)6/h9-10,12-15,18-19H,7-8,11,16-17H2,1-6H3,(H,34,36)(H,37,38). The third-order valence-corrected chi connectivity index (χ3v) is 7.52. The van der Waals surface area contributed by atoms with Crippen LogP contribution in [0.3, 0.4) is 0 Å². The molecule has 7 nitrogen and oxygen atoms in total. The molecule has 0 spiro atoms. The van der Waals surface area contributed by atoms with Gasteiger partial charge in [0.2, 0.25) is 0 Å². The van der Waals surface area contributed by atoms with Crippen molar-refractivity contribution in [1.82, 2.24) is 15.2 Å². The molecular weight excluding hydrogens is 514 g/mol. The van der Waals surface area contributed by atoms with Gasteiger partial charge in [-0.3, -0.25) is 4.79 Å². The van der Waals surface area contributed by atoms with Crippen molar-refractivity contribution in [3.05, 3.63) is 70.4 Å². The number of nitrogens with zero attached hydrogens (tertiary/aromatic N) is 2. The fraction of sp³-hybridized carbons (Fsp3) is 0.387. The minimum atomic E-state index is -1.36. The fourth-order valence-corrected chi connectivity index (χ4v) is 4.67. The zero-order valence-electron chi connectivity index (χ0n) is 23.6. The Hall–Kier alpha value is -3.42. The molecule has 0 saturated carbocycles. The first-order valence-electron chi connectivity index (χ1n) is 13.2. The first kappa shape index (κ1) is 30.1. The smallest absolute Gasteiger partial charge is 0.329 e. The van der Waals surface area contributed by atoms with Gasteiger partial charge in [-0.25, -0.2) is 9.78 Å². The van der Waals surface area contributed by atoms with Gasteiger partial charge < -0.3 is 20.1 Å². The van der Waals surface area contributed by atoms with Gasteiger partial charge in [-0.2, -0.15) is 0 Å². The average Bonchev–Trinajstić information content (AvgIpc) is 2.91. The maximum atomic E-state index is 13.3. The Labute approximate surface area is 236 Å². The van der Waals surface area contributed by atoms with Crippen molar-refractivity contribution in [1.29, 1.82) is 0 Å². The molecular formula is C31H38ClN3O4. The molecule has 0 unspecified atom stereocenters. The number of carboxylic acid groups (broad SMARTS) is 1. The summed E-state index contributed by atoms with van der Waals surface area (Å²) in [6, 6.07) is 15.3. The highest BCUT2D eigenvalue weighted by molar-refractivity contribution is 6.33. The Morgan fingerprint density at radius 2 is 1.72 bits per heavy atom. The lowest BCUT2D eigenvalue weighted by atomic mass is 9.92. The number of halogens is 1. The van der Waals surface area contributed by atoms with Gasteiger partial charge >= 0.3 is 5.97 Å². The van der Waals surface area contributed by atoms with Crippen LogP contribution in [0.4, 0.5) is 0 Å². The lowest BCUT2D eigenvalue weighted by molar-refractivity contribution is -0.144. The van der Waals surface area contributed by atoms with Crippen molar-refractivity contribution in [3.63, 3.8) is 0 Å². The molecule has 0 fully saturated rings. The number of benzene rings is 2. The van der Waals surface area contributed by atoms with Crippen LogP contribution < -0.4 is 10.1 Å². The Bertz CT molecular complexity index is 1340. The van der Waals surface area contributed by atoms with Gasteiger partial charge in [0.1, 0.15) is 17.0 Å². The fourth-order valence-electron chi connectivity index (χ4n) is 4.50. The summed E-state index contributed by atoms with van der Waals surface area (Å²) >= 11 is 6.62. The number of aromatic nitrogens is 1. The summed E-state index contributed by atoms with van der Waals surface area (Å²) in [5, 5.41) is 13.1. The third-order valence-electron chi connectivity index (χ3n) is 7.03. The molecule has 2 aromatic carbocycles. The second-order valence-corrected chi connectivity index (χ2v) is 10.4. The molecule has 0 aliphatic rings. The maximum Gasteiger partial charge on any atom is 0.329 e. The molecule has 39 heavy (non-hydrogen) atoms. The Morgan fingerprint density at radius 1 is 1.03 bits per heavy atom. The highest BCUT2D eigenvalue weighted by Crippen LogP contribution is 2.38. The summed E-state index contributed by atoms with van der Waals surface area (Å²) in [6.07, 6.45) is 1.35. The van der Waals surface area contributed by atoms with E-state index in [1.165, 1.54) is 0 Å². The van der Waals surface area contributed by atoms with Crippen molar-refractivity contribution in [3.8, 4) is 28.1 Å². The van der Waals surface area contributed by atoms with Crippen LogP contribution in [0.25, 0.3) is 22.4 Å². The predicted octanol–water partition coefficient (Wildman–Crippen LogP) is 6.39. The predicted molar refractivity (Wildman–Crippen MR) is 157 cm³/mol. The largest absolute Gasteiger partial charge is 0.492 e. The van der Waals surface area contributed by atoms with Gasteiger partial charge in [-0.05, 0) is 88.2 Å². The van der Waals surface area contributed by atoms with Crippen molar-refractivity contribution in [2.24, 2.45) is 0 Å². The maximum absolute atomic E-state index is 13.3. The van der Waals surface area contributed by atoms with Crippen LogP contribution in [0.1, 0.15) is 54.7 Å². The van der Waals surface area contributed by atoms with Crippen molar-refractivity contribution in [2.75, 3.05) is 27.2 Å². The number of rotatable bonds is 12. The highest BCUT2D eigenvalue weighted by Gasteiger charge is 2.37. The number of pyridine rings is 1. The molecule has 1 heterocycles. The van der Waals surface area contributed by atoms with Gasteiger partial charge in [0, 0.05) is 17.7 Å². The molecule has 0 aliphatic heterocycles. The summed E-state index contributed by atoms with van der Waals surface area (Å²) < 4.78 is 6.07. The molecule has 3 aromatic rings. The third kappa shape index (κ3) is 6.97. The number of carbonyl (C=O) groups is 2. The summed E-state index contributed by atoms with van der Waals surface area (Å²) in [5.74, 6) is -1.05. The van der Waals surface area contributed by atoms with E-state index < -0.39 is 17.4 Å². The lowest BCUT2D eigenvalue weighted by Crippen LogP contribution is -2.53. The quantitative estimate of drug-likeness (QED) is 0.253. The highest BCUT2D eigenvalue weighted by atomic mass is 35.5. The monoisotopic (exact) mass is 551 g/mol. The Morgan fingerprint density at radius 3 is 2.33 bits per heavy atom. The molecule has 0 atom stereocenters. The van der Waals surface area contributed by atoms with Crippen molar-refractivity contribution < 1.29 is 19.4 Å². The number of carbonyl (C=O) groups excluding carboxylic acids is 1. The molecule has 0 bridgehead atoms. The van der Waals surface area contributed by atoms with Crippen LogP contribution in [0.2, 0.25) is 5.02 Å². The van der Waals surface area contributed by atoms with E-state index in [0.29, 0.717) is 23.1 Å². The van der Waals surface area contributed by atoms with E-state index in [0.717, 1.165) is 40.8 Å². The average molecular weight is 552 g/mol. The van der Waals surface area contributed by atoms with E-state index in [-0.39, 0.29) is 18.5 Å². The number of hydrogen-bond donors (Lipinski definition) is 2. The van der Waals surface area contributed by atoms with Gasteiger partial charge in [0.15, 0.2) is 0 Å². The number of carboxylic acids is 1. The van der Waals surface area contributed by atoms with Crippen LogP contribution >= 0.6 is 11.6 Å². The summed E-state index contributed by atoms with van der Waals surface area (Å²) in [5.41, 5.74) is 3.83. The molecule has 8 heteroatoms. The molecule has 0 radical (unpaired) electrons. The number of aliphatic carboxylic acids is 1. The first-order valence-corrected chi connectivity index (χ1v) is 13.6. The van der Waals surface area contributed by atoms with E-state index in [4.69, 9.17) is 21.3 Å². The normalized spacial score (nSPS) is 11.5. The molecule has 208 valence electrons. The summed E-state index contributed by atoms with van der Waals surface area (Å²) in [6.45, 7) is 8.82. The van der Waals surface area contributed by atoms with Gasteiger partial charge in [-0.1, -0.05) is 49.7 Å². The van der Waals surface area contributed by atoms with E-state index in [2.05, 4.69) is 10.2 Å². The topological polar surface area (TPSA) is 91.8 Å². The Balaban J connectivity index is 2.12. The van der Waals surface area contributed by atoms with Gasteiger partial charge in [0.25, 0.3) is 5.91 Å². The van der Waals surface area contributed by atoms with Crippen LogP contribution in [-0.2, 0) is 4.79 Å². The summed E-state index contributed by atoms with van der Waals surface area (Å²) in [4.78, 5) is 32.2. The number of amides is 1. The van der Waals surface area contributed by atoms with Gasteiger partial charge in [-0.15, -0.1) is 0 Å². The van der Waals surface area contributed by atoms with Crippen molar-refractivity contribution >= 4 is 23.5 Å². The van der Waals surface area contributed by atoms with E-state index in [9.17, 15) is 14.7 Å². The molecule has 3 rings (SSSR count). The molecule has 1 aromatic heterocycles. The van der Waals surface area contributed by atoms with E-state index in [1.807, 2.05) is 70.4 Å². The van der Waals surface area contributed by atoms with Crippen LogP contribution in [-0.4, -0.2) is 59.7 Å². The zero-order chi connectivity index (χ0) is 28.7. The Kier molecular flexibility index (Phi) is 10.1.